The SMILES string of the molecule is Cl.O=C(O)CCCN1CCC(OCc2ccccc2)CC1. The molecule has 1 aliphatic heterocycles. The molecule has 5 heteroatoms. The van der Waals surface area contributed by atoms with Gasteiger partial charge in [0.1, 0.15) is 0 Å². The molecular formula is C16H24ClNO3. The Balaban J connectivity index is 0.00000220. The van der Waals surface area contributed by atoms with Crippen LogP contribution in [0, 0.1) is 0 Å². The number of likely N-dealkylation sites (tertiary alicyclic amines) is 1. The van der Waals surface area contributed by atoms with Crippen molar-refractivity contribution in [3.63, 3.8) is 0 Å². The molecule has 2 rings (SSSR count). The van der Waals surface area contributed by atoms with E-state index in [1.807, 2.05) is 18.2 Å². The molecule has 0 spiro atoms. The normalized spacial score (nSPS) is 16.4. The van der Waals surface area contributed by atoms with E-state index in [0.29, 0.717) is 12.7 Å². The molecule has 21 heavy (non-hydrogen) atoms. The molecule has 1 aromatic carbocycles. The van der Waals surface area contributed by atoms with Crippen LogP contribution in [-0.4, -0.2) is 41.7 Å². The number of rotatable bonds is 7. The van der Waals surface area contributed by atoms with Gasteiger partial charge in [0.05, 0.1) is 12.7 Å². The summed E-state index contributed by atoms with van der Waals surface area (Å²) in [6.07, 6.45) is 3.43. The van der Waals surface area contributed by atoms with Crippen molar-refractivity contribution in [1.82, 2.24) is 4.90 Å². The van der Waals surface area contributed by atoms with Gasteiger partial charge >= 0.3 is 5.97 Å². The molecule has 118 valence electrons. The van der Waals surface area contributed by atoms with Crippen molar-refractivity contribution in [2.75, 3.05) is 19.6 Å². The Morgan fingerprint density at radius 1 is 1.24 bits per heavy atom. The molecule has 1 N–H and O–H groups in total. The van der Waals surface area contributed by atoms with Crippen LogP contribution < -0.4 is 0 Å². The highest BCUT2D eigenvalue weighted by molar-refractivity contribution is 5.85. The van der Waals surface area contributed by atoms with E-state index in [2.05, 4.69) is 17.0 Å². The minimum atomic E-state index is -0.703. The van der Waals surface area contributed by atoms with Gasteiger partial charge in [-0.1, -0.05) is 30.3 Å². The summed E-state index contributed by atoms with van der Waals surface area (Å²) in [5.74, 6) is -0.703. The maximum Gasteiger partial charge on any atom is 0.303 e. The number of hydrogen-bond donors (Lipinski definition) is 1. The molecule has 0 bridgehead atoms. The molecule has 1 fully saturated rings. The zero-order chi connectivity index (χ0) is 14.2. The highest BCUT2D eigenvalue weighted by Gasteiger charge is 2.19. The van der Waals surface area contributed by atoms with Crippen LogP contribution in [0.1, 0.15) is 31.2 Å². The summed E-state index contributed by atoms with van der Waals surface area (Å²) in [6.45, 7) is 3.60. The number of carbonyl (C=O) groups is 1. The van der Waals surface area contributed by atoms with Crippen LogP contribution in [0.4, 0.5) is 0 Å². The number of aliphatic carboxylic acids is 1. The highest BCUT2D eigenvalue weighted by atomic mass is 35.5. The van der Waals surface area contributed by atoms with Gasteiger partial charge < -0.3 is 14.7 Å². The van der Waals surface area contributed by atoms with Crippen LogP contribution in [0.3, 0.4) is 0 Å². The van der Waals surface area contributed by atoms with E-state index in [9.17, 15) is 4.79 Å². The first-order valence-corrected chi connectivity index (χ1v) is 7.34. The fraction of sp³-hybridized carbons (Fsp3) is 0.562. The van der Waals surface area contributed by atoms with Crippen LogP contribution >= 0.6 is 12.4 Å². The monoisotopic (exact) mass is 313 g/mol. The third-order valence-corrected chi connectivity index (χ3v) is 3.73. The Morgan fingerprint density at radius 2 is 1.90 bits per heavy atom. The standard InChI is InChI=1S/C16H23NO3.ClH/c18-16(19)7-4-10-17-11-8-15(9-12-17)20-13-14-5-2-1-3-6-14;/h1-3,5-6,15H,4,7-13H2,(H,18,19);1H. The summed E-state index contributed by atoms with van der Waals surface area (Å²) in [4.78, 5) is 12.8. The van der Waals surface area contributed by atoms with E-state index in [1.54, 1.807) is 0 Å². The van der Waals surface area contributed by atoms with Crippen LogP contribution in [0.25, 0.3) is 0 Å². The summed E-state index contributed by atoms with van der Waals surface area (Å²) in [6, 6.07) is 10.2. The molecule has 0 aromatic heterocycles. The zero-order valence-corrected chi connectivity index (χ0v) is 13.1. The van der Waals surface area contributed by atoms with Crippen molar-refractivity contribution in [2.24, 2.45) is 0 Å². The van der Waals surface area contributed by atoms with Gasteiger partial charge in [-0.25, -0.2) is 0 Å². The van der Waals surface area contributed by atoms with Crippen molar-refractivity contribution in [3.05, 3.63) is 35.9 Å². The quantitative estimate of drug-likeness (QED) is 0.841. The van der Waals surface area contributed by atoms with Crippen molar-refractivity contribution >= 4 is 18.4 Å². The molecule has 1 aromatic rings. The van der Waals surface area contributed by atoms with Gasteiger partial charge in [0.25, 0.3) is 0 Å². The van der Waals surface area contributed by atoms with Gasteiger partial charge in [-0.15, -0.1) is 12.4 Å². The fourth-order valence-corrected chi connectivity index (χ4v) is 2.54. The van der Waals surface area contributed by atoms with E-state index in [-0.39, 0.29) is 18.8 Å². The smallest absolute Gasteiger partial charge is 0.303 e. The molecule has 0 saturated carbocycles. The molecule has 0 unspecified atom stereocenters. The number of carboxylic acids is 1. The maximum atomic E-state index is 10.5. The molecule has 0 aliphatic carbocycles. The third-order valence-electron chi connectivity index (χ3n) is 3.73. The number of carboxylic acid groups (broad SMARTS) is 1. The first-order valence-electron chi connectivity index (χ1n) is 7.34. The van der Waals surface area contributed by atoms with Crippen LogP contribution in [-0.2, 0) is 16.1 Å². The molecule has 0 amide bonds. The minimum absolute atomic E-state index is 0. The number of ether oxygens (including phenoxy) is 1. The summed E-state index contributed by atoms with van der Waals surface area (Å²) in [5, 5.41) is 8.62. The number of benzene rings is 1. The van der Waals surface area contributed by atoms with Gasteiger partial charge in [0.15, 0.2) is 0 Å². The highest BCUT2D eigenvalue weighted by Crippen LogP contribution is 2.16. The second kappa shape index (κ2) is 9.77. The maximum absolute atomic E-state index is 10.5. The minimum Gasteiger partial charge on any atom is -0.481 e. The largest absolute Gasteiger partial charge is 0.481 e. The Labute approximate surface area is 132 Å². The van der Waals surface area contributed by atoms with Gasteiger partial charge in [-0.05, 0) is 31.4 Å². The van der Waals surface area contributed by atoms with E-state index in [0.717, 1.165) is 38.9 Å². The summed E-state index contributed by atoms with van der Waals surface area (Å²) in [7, 11) is 0. The average Bonchev–Trinajstić information content (AvgIpc) is 2.47. The Bertz CT molecular complexity index is 405. The number of hydrogen-bond acceptors (Lipinski definition) is 3. The fourth-order valence-electron chi connectivity index (χ4n) is 2.54. The van der Waals surface area contributed by atoms with Crippen LogP contribution in [0.5, 0.6) is 0 Å². The second-order valence-electron chi connectivity index (χ2n) is 5.33. The first kappa shape index (κ1) is 18.0. The molecule has 4 nitrogen and oxygen atoms in total. The van der Waals surface area contributed by atoms with E-state index in [4.69, 9.17) is 9.84 Å². The van der Waals surface area contributed by atoms with Crippen LogP contribution in [0.15, 0.2) is 30.3 Å². The van der Waals surface area contributed by atoms with E-state index in [1.165, 1.54) is 5.56 Å². The van der Waals surface area contributed by atoms with Gasteiger partial charge in [-0.2, -0.15) is 0 Å². The van der Waals surface area contributed by atoms with Crippen molar-refractivity contribution < 1.29 is 14.6 Å². The number of nitrogens with zero attached hydrogens (tertiary/aromatic N) is 1. The summed E-state index contributed by atoms with van der Waals surface area (Å²) < 4.78 is 5.94. The van der Waals surface area contributed by atoms with Crippen LogP contribution in [0.2, 0.25) is 0 Å². The third kappa shape index (κ3) is 6.93. The van der Waals surface area contributed by atoms with Gasteiger partial charge in [0, 0.05) is 19.5 Å². The Morgan fingerprint density at radius 3 is 2.52 bits per heavy atom. The molecule has 1 heterocycles. The predicted molar refractivity (Wildman–Crippen MR) is 84.8 cm³/mol. The predicted octanol–water partition coefficient (Wildman–Crippen LogP) is 2.95. The zero-order valence-electron chi connectivity index (χ0n) is 12.2. The van der Waals surface area contributed by atoms with Gasteiger partial charge in [-0.3, -0.25) is 4.79 Å². The van der Waals surface area contributed by atoms with E-state index < -0.39 is 5.97 Å². The molecule has 1 saturated heterocycles. The summed E-state index contributed by atoms with van der Waals surface area (Å²) in [5.41, 5.74) is 1.22. The lowest BCUT2D eigenvalue weighted by Gasteiger charge is -2.31. The lowest BCUT2D eigenvalue weighted by atomic mass is 10.1. The summed E-state index contributed by atoms with van der Waals surface area (Å²) >= 11 is 0. The number of halogens is 1. The first-order chi connectivity index (χ1) is 9.74. The lowest BCUT2D eigenvalue weighted by Crippen LogP contribution is -2.37. The van der Waals surface area contributed by atoms with E-state index >= 15 is 0 Å². The topological polar surface area (TPSA) is 49.8 Å². The van der Waals surface area contributed by atoms with Crippen molar-refractivity contribution in [2.45, 2.75) is 38.4 Å². The Hall–Kier alpha value is -1.10. The lowest BCUT2D eigenvalue weighted by molar-refractivity contribution is -0.137. The van der Waals surface area contributed by atoms with Gasteiger partial charge in [0.2, 0.25) is 0 Å². The molecule has 1 aliphatic rings. The molecule has 0 atom stereocenters. The number of piperidine rings is 1. The van der Waals surface area contributed by atoms with Crippen molar-refractivity contribution in [3.8, 4) is 0 Å². The Kier molecular flexibility index (Phi) is 8.35. The second-order valence-corrected chi connectivity index (χ2v) is 5.33. The molecular weight excluding hydrogens is 290 g/mol. The molecule has 0 radical (unpaired) electrons. The van der Waals surface area contributed by atoms with Crippen molar-refractivity contribution in [1.29, 1.82) is 0 Å². The average molecular weight is 314 g/mol.